The number of ether oxygens (including phenoxy) is 1. The second kappa shape index (κ2) is 10.5. The molecular weight excluding hydrogens is 390 g/mol. The first-order valence-electron chi connectivity index (χ1n) is 9.38. The number of carbonyl (C=O) groups is 3. The number of rotatable bonds is 7. The normalized spacial score (nSPS) is 13.0. The van der Waals surface area contributed by atoms with E-state index in [4.69, 9.17) is 11.2 Å². The largest absolute Gasteiger partial charge is 0.508 e. The zero-order valence-electron chi connectivity index (χ0n) is 17.8. The number of nitrogens with one attached hydrogen (secondary N) is 2. The van der Waals surface area contributed by atoms with Gasteiger partial charge in [0.05, 0.1) is 6.61 Å². The maximum absolute atomic E-state index is 13.0. The van der Waals surface area contributed by atoms with E-state index in [9.17, 15) is 24.6 Å². The zero-order valence-corrected chi connectivity index (χ0v) is 17.8. The maximum atomic E-state index is 13.0. The summed E-state index contributed by atoms with van der Waals surface area (Å²) in [7, 11) is 0. The minimum atomic E-state index is -1.44. The molecule has 0 saturated carbocycles. The van der Waals surface area contributed by atoms with E-state index in [-0.39, 0.29) is 17.4 Å². The van der Waals surface area contributed by atoms with E-state index in [0.29, 0.717) is 0 Å². The number of alkyl carbamates (subject to hydrolysis) is 1. The lowest BCUT2D eigenvalue weighted by Crippen LogP contribution is -2.53. The first-order valence-corrected chi connectivity index (χ1v) is 9.38. The fourth-order valence-electron chi connectivity index (χ4n) is 2.54. The lowest BCUT2D eigenvalue weighted by atomic mass is 10.0. The van der Waals surface area contributed by atoms with Crippen molar-refractivity contribution in [2.45, 2.75) is 58.3 Å². The van der Waals surface area contributed by atoms with Gasteiger partial charge in [0, 0.05) is 12.1 Å². The first-order chi connectivity index (χ1) is 13.9. The van der Waals surface area contributed by atoms with Crippen LogP contribution in [0.4, 0.5) is 4.79 Å². The molecule has 1 aromatic rings. The summed E-state index contributed by atoms with van der Waals surface area (Å²) in [4.78, 5) is 38.6. The Morgan fingerprint density at radius 1 is 1.23 bits per heavy atom. The fourth-order valence-corrected chi connectivity index (χ4v) is 2.54. The smallest absolute Gasteiger partial charge is 0.408 e. The molecular formula is C21H29N3O6. The van der Waals surface area contributed by atoms with E-state index in [1.165, 1.54) is 24.3 Å². The van der Waals surface area contributed by atoms with Crippen LogP contribution in [0.5, 0.6) is 5.75 Å². The average Bonchev–Trinajstić information content (AvgIpc) is 2.61. The van der Waals surface area contributed by atoms with Crippen LogP contribution < -0.4 is 10.6 Å². The minimum Gasteiger partial charge on any atom is -0.508 e. The molecule has 0 fully saturated rings. The van der Waals surface area contributed by atoms with E-state index < -0.39 is 42.2 Å². The van der Waals surface area contributed by atoms with Crippen molar-refractivity contribution in [2.75, 3.05) is 6.61 Å². The third-order valence-electron chi connectivity index (χ3n) is 3.67. The summed E-state index contributed by atoms with van der Waals surface area (Å²) in [6.07, 6.45) is 4.61. The molecule has 0 spiro atoms. The van der Waals surface area contributed by atoms with Gasteiger partial charge in [0.15, 0.2) is 0 Å². The summed E-state index contributed by atoms with van der Waals surface area (Å²) < 4.78 is 5.10. The summed E-state index contributed by atoms with van der Waals surface area (Å²) in [6, 6.07) is 4.89. The molecule has 2 unspecified atom stereocenters. The second-order valence-corrected chi connectivity index (χ2v) is 7.88. The molecule has 4 N–H and O–H groups in total. The Kier molecular flexibility index (Phi) is 8.68. The van der Waals surface area contributed by atoms with Gasteiger partial charge >= 0.3 is 6.09 Å². The van der Waals surface area contributed by atoms with Crippen LogP contribution in [-0.2, 0) is 14.3 Å². The summed E-state index contributed by atoms with van der Waals surface area (Å²) >= 11 is 0. The van der Waals surface area contributed by atoms with Crippen molar-refractivity contribution in [1.82, 2.24) is 15.5 Å². The minimum absolute atomic E-state index is 0.121. The molecule has 0 aliphatic heterocycles. The lowest BCUT2D eigenvalue weighted by molar-refractivity contribution is -0.139. The molecule has 0 aromatic heterocycles. The highest BCUT2D eigenvalue weighted by Gasteiger charge is 2.36. The molecule has 3 amide bonds. The number of phenolic OH excluding ortho intramolecular Hbond substituents is 1. The van der Waals surface area contributed by atoms with E-state index in [1.807, 2.05) is 0 Å². The number of carbonyl (C=O) groups excluding carboxylic acids is 3. The number of benzene rings is 1. The third-order valence-corrected chi connectivity index (χ3v) is 3.67. The van der Waals surface area contributed by atoms with Crippen molar-refractivity contribution in [3.05, 3.63) is 29.8 Å². The highest BCUT2D eigenvalue weighted by Crippen LogP contribution is 2.25. The van der Waals surface area contributed by atoms with Gasteiger partial charge in [-0.25, -0.2) is 4.79 Å². The molecule has 9 heteroatoms. The number of phenols is 1. The Morgan fingerprint density at radius 3 is 2.33 bits per heavy atom. The van der Waals surface area contributed by atoms with E-state index >= 15 is 0 Å². The van der Waals surface area contributed by atoms with Crippen LogP contribution >= 0.6 is 0 Å². The molecule has 0 radical (unpaired) electrons. The zero-order chi connectivity index (χ0) is 23.1. The molecule has 0 aliphatic rings. The van der Waals surface area contributed by atoms with Gasteiger partial charge in [0.25, 0.3) is 5.91 Å². The predicted molar refractivity (Wildman–Crippen MR) is 110 cm³/mol. The van der Waals surface area contributed by atoms with Gasteiger partial charge in [-0.15, -0.1) is 0 Å². The van der Waals surface area contributed by atoms with Gasteiger partial charge in [-0.3, -0.25) is 14.5 Å². The predicted octanol–water partition coefficient (Wildman–Crippen LogP) is 1.26. The molecule has 9 nitrogen and oxygen atoms in total. The average molecular weight is 419 g/mol. The van der Waals surface area contributed by atoms with Crippen molar-refractivity contribution in [1.29, 1.82) is 0 Å². The Morgan fingerprint density at radius 2 is 1.87 bits per heavy atom. The molecule has 164 valence electrons. The Balaban J connectivity index is 3.25. The third kappa shape index (κ3) is 7.29. The van der Waals surface area contributed by atoms with Crippen molar-refractivity contribution in [3.63, 3.8) is 0 Å². The van der Waals surface area contributed by atoms with Gasteiger partial charge < -0.3 is 25.6 Å². The molecule has 30 heavy (non-hydrogen) atoms. The van der Waals surface area contributed by atoms with Crippen LogP contribution in [0.1, 0.15) is 46.2 Å². The number of aliphatic hydroxyl groups is 1. The van der Waals surface area contributed by atoms with Gasteiger partial charge in [-0.1, -0.05) is 18.6 Å². The molecule has 0 aliphatic carbocycles. The lowest BCUT2D eigenvalue weighted by Gasteiger charge is -2.30. The molecule has 1 rings (SSSR count). The van der Waals surface area contributed by atoms with Gasteiger partial charge in [0.1, 0.15) is 23.4 Å². The van der Waals surface area contributed by atoms with Crippen LogP contribution in [0.2, 0.25) is 0 Å². The number of amides is 3. The van der Waals surface area contributed by atoms with E-state index in [1.54, 1.807) is 34.6 Å². The monoisotopic (exact) mass is 419 g/mol. The van der Waals surface area contributed by atoms with Crippen molar-refractivity contribution in [3.8, 4) is 18.2 Å². The fraction of sp³-hybridized carbons (Fsp3) is 0.476. The SMILES string of the molecule is C#CN(C(=O)C(CO)NC(=O)OC(C)(C)C)C(C(=O)NC(C)C)c1cccc(O)c1. The maximum Gasteiger partial charge on any atom is 0.408 e. The van der Waals surface area contributed by atoms with Crippen molar-refractivity contribution < 1.29 is 29.3 Å². The van der Waals surface area contributed by atoms with Crippen molar-refractivity contribution >= 4 is 17.9 Å². The van der Waals surface area contributed by atoms with Crippen LogP contribution in [0.25, 0.3) is 0 Å². The number of aliphatic hydroxyl groups excluding tert-OH is 1. The van der Waals surface area contributed by atoms with Gasteiger partial charge in [-0.05, 0) is 52.3 Å². The number of hydrogen-bond donors (Lipinski definition) is 4. The van der Waals surface area contributed by atoms with Crippen LogP contribution in [0.3, 0.4) is 0 Å². The summed E-state index contributed by atoms with van der Waals surface area (Å²) in [5.74, 6) is -1.60. The van der Waals surface area contributed by atoms with Crippen LogP contribution in [0.15, 0.2) is 24.3 Å². The molecule has 0 bridgehead atoms. The highest BCUT2D eigenvalue weighted by atomic mass is 16.6. The highest BCUT2D eigenvalue weighted by molar-refractivity contribution is 5.93. The molecule has 0 heterocycles. The van der Waals surface area contributed by atoms with Gasteiger partial charge in [-0.2, -0.15) is 0 Å². The molecule has 2 atom stereocenters. The number of terminal acetylenes is 1. The van der Waals surface area contributed by atoms with Gasteiger partial charge in [0.2, 0.25) is 5.91 Å². The topological polar surface area (TPSA) is 128 Å². The molecule has 1 aromatic carbocycles. The molecule has 0 saturated heterocycles. The number of aromatic hydroxyl groups is 1. The Hall–Kier alpha value is -3.25. The van der Waals surface area contributed by atoms with E-state index in [2.05, 4.69) is 16.7 Å². The Bertz CT molecular complexity index is 810. The van der Waals surface area contributed by atoms with Crippen LogP contribution in [0, 0.1) is 12.5 Å². The first kappa shape index (κ1) is 24.8. The summed E-state index contributed by atoms with van der Waals surface area (Å²) in [5.41, 5.74) is -0.561. The van der Waals surface area contributed by atoms with Crippen LogP contribution in [-0.4, -0.2) is 57.3 Å². The standard InChI is InChI=1S/C21H29N3O6/c1-7-24(19(28)16(12-25)23-20(29)30-21(4,5)6)17(18(27)22-13(2)3)14-9-8-10-15(26)11-14/h1,8-11,13,16-17,25-26H,12H2,2-6H3,(H,22,27)(H,23,29). The Labute approximate surface area is 176 Å². The van der Waals surface area contributed by atoms with Crippen molar-refractivity contribution in [2.24, 2.45) is 0 Å². The summed E-state index contributed by atoms with van der Waals surface area (Å²) in [6.45, 7) is 7.63. The summed E-state index contributed by atoms with van der Waals surface area (Å²) in [5, 5.41) is 24.4. The number of nitrogens with zero attached hydrogens (tertiary/aromatic N) is 1. The quantitative estimate of drug-likeness (QED) is 0.389. The number of hydrogen-bond acceptors (Lipinski definition) is 6. The van der Waals surface area contributed by atoms with E-state index in [0.717, 1.165) is 4.90 Å². The second-order valence-electron chi connectivity index (χ2n) is 7.88.